The molecule has 12 heavy (non-hydrogen) atoms. The highest BCUT2D eigenvalue weighted by Crippen LogP contribution is 2.31. The molecule has 0 unspecified atom stereocenters. The summed E-state index contributed by atoms with van der Waals surface area (Å²) in [4.78, 5) is 11.0. The summed E-state index contributed by atoms with van der Waals surface area (Å²) in [5.41, 5.74) is 5.95. The zero-order chi connectivity index (χ0) is 9.30. The molecule has 0 amide bonds. The third kappa shape index (κ3) is 1.43. The molecule has 0 aliphatic carbocycles. The van der Waals surface area contributed by atoms with E-state index in [1.807, 2.05) is 0 Å². The first-order valence-electron chi connectivity index (χ1n) is 3.32. The Labute approximate surface area is 78.3 Å². The van der Waals surface area contributed by atoms with Gasteiger partial charge in [-0.1, -0.05) is 0 Å². The van der Waals surface area contributed by atoms with Crippen LogP contribution in [0.25, 0.3) is 0 Å². The van der Waals surface area contributed by atoms with Crippen LogP contribution in [0.4, 0.5) is 5.69 Å². The molecule has 3 N–H and O–H groups in total. The zero-order valence-electron chi connectivity index (χ0n) is 6.47. The predicted molar refractivity (Wildman–Crippen MR) is 50.2 cm³/mol. The van der Waals surface area contributed by atoms with Crippen LogP contribution in [-0.4, -0.2) is 10.9 Å². The second-order valence-electron chi connectivity index (χ2n) is 2.42. The summed E-state index contributed by atoms with van der Waals surface area (Å²) in [5.74, 6) is -0.339. The van der Waals surface area contributed by atoms with Crippen LogP contribution < -0.4 is 5.73 Å². The first-order chi connectivity index (χ1) is 5.54. The maximum absolute atomic E-state index is 11.0. The van der Waals surface area contributed by atoms with E-state index >= 15 is 0 Å². The number of ketones is 1. The maximum Gasteiger partial charge on any atom is 0.165 e. The maximum atomic E-state index is 11.0. The van der Waals surface area contributed by atoms with E-state index in [9.17, 15) is 9.90 Å². The van der Waals surface area contributed by atoms with Gasteiger partial charge in [0.1, 0.15) is 5.75 Å². The van der Waals surface area contributed by atoms with Crippen LogP contribution in [0.3, 0.4) is 0 Å². The van der Waals surface area contributed by atoms with Gasteiger partial charge in [-0.2, -0.15) is 0 Å². The number of anilines is 1. The molecule has 1 aromatic carbocycles. The average molecular weight is 230 g/mol. The molecule has 3 nitrogen and oxygen atoms in total. The molecule has 0 saturated heterocycles. The Bertz CT molecular complexity index is 336. The van der Waals surface area contributed by atoms with Gasteiger partial charge in [0.05, 0.1) is 10.0 Å². The third-order valence-corrected chi connectivity index (χ3v) is 2.15. The number of halogens is 1. The van der Waals surface area contributed by atoms with Crippen molar-refractivity contribution in [2.45, 2.75) is 6.92 Å². The Morgan fingerprint density at radius 3 is 2.58 bits per heavy atom. The fraction of sp³-hybridized carbons (Fsp3) is 0.125. The minimum Gasteiger partial charge on any atom is -0.506 e. The number of carbonyl (C=O) groups is 1. The van der Waals surface area contributed by atoms with Crippen molar-refractivity contribution in [2.24, 2.45) is 0 Å². The summed E-state index contributed by atoms with van der Waals surface area (Å²) in [6, 6.07) is 3.16. The normalized spacial score (nSPS) is 9.83. The first kappa shape index (κ1) is 9.06. The number of hydrogen-bond donors (Lipinski definition) is 2. The van der Waals surface area contributed by atoms with E-state index in [4.69, 9.17) is 5.73 Å². The molecule has 0 atom stereocenters. The van der Waals surface area contributed by atoms with Crippen molar-refractivity contribution < 1.29 is 9.90 Å². The molecule has 1 aromatic rings. The highest BCUT2D eigenvalue weighted by Gasteiger charge is 2.12. The monoisotopic (exact) mass is 229 g/mol. The summed E-state index contributed by atoms with van der Waals surface area (Å²) >= 11 is 3.09. The Morgan fingerprint density at radius 2 is 2.17 bits per heavy atom. The van der Waals surface area contributed by atoms with Crippen molar-refractivity contribution in [3.8, 4) is 5.75 Å². The SMILES string of the molecule is CC(=O)c1c(N)ccc(Br)c1O. The average Bonchev–Trinajstić information content (AvgIpc) is 1.97. The van der Waals surface area contributed by atoms with Crippen LogP contribution in [0.2, 0.25) is 0 Å². The molecular weight excluding hydrogens is 222 g/mol. The molecule has 4 heteroatoms. The number of carbonyl (C=O) groups excluding carboxylic acids is 1. The van der Waals surface area contributed by atoms with Crippen molar-refractivity contribution in [3.05, 3.63) is 22.2 Å². The van der Waals surface area contributed by atoms with Gasteiger partial charge in [-0.15, -0.1) is 0 Å². The van der Waals surface area contributed by atoms with E-state index in [1.165, 1.54) is 6.92 Å². The van der Waals surface area contributed by atoms with Gasteiger partial charge in [0.15, 0.2) is 5.78 Å². The Kier molecular flexibility index (Phi) is 2.38. The molecular formula is C8H8BrNO2. The second kappa shape index (κ2) is 3.15. The third-order valence-electron chi connectivity index (χ3n) is 1.51. The van der Waals surface area contributed by atoms with E-state index in [-0.39, 0.29) is 17.1 Å². The van der Waals surface area contributed by atoms with Gasteiger partial charge in [-0.05, 0) is 35.0 Å². The number of rotatable bonds is 1. The van der Waals surface area contributed by atoms with E-state index in [2.05, 4.69) is 15.9 Å². The topological polar surface area (TPSA) is 63.3 Å². The van der Waals surface area contributed by atoms with Crippen molar-refractivity contribution in [1.29, 1.82) is 0 Å². The summed E-state index contributed by atoms with van der Waals surface area (Å²) in [7, 11) is 0. The smallest absolute Gasteiger partial charge is 0.165 e. The minimum atomic E-state index is -0.244. The Hall–Kier alpha value is -1.03. The zero-order valence-corrected chi connectivity index (χ0v) is 8.05. The molecule has 0 bridgehead atoms. The molecule has 0 heterocycles. The second-order valence-corrected chi connectivity index (χ2v) is 3.27. The molecule has 1 rings (SSSR count). The molecule has 0 aliphatic heterocycles. The number of nitrogen functional groups attached to an aromatic ring is 1. The lowest BCUT2D eigenvalue weighted by molar-refractivity contribution is 0.101. The van der Waals surface area contributed by atoms with Crippen LogP contribution in [0.1, 0.15) is 17.3 Å². The van der Waals surface area contributed by atoms with Gasteiger partial charge in [0.25, 0.3) is 0 Å². The van der Waals surface area contributed by atoms with E-state index in [1.54, 1.807) is 12.1 Å². The molecule has 0 saturated carbocycles. The molecule has 0 aliphatic rings. The van der Waals surface area contributed by atoms with Crippen LogP contribution in [0.15, 0.2) is 16.6 Å². The summed E-state index contributed by atoms with van der Waals surface area (Å²) in [5, 5.41) is 9.40. The lowest BCUT2D eigenvalue weighted by Gasteiger charge is -2.05. The molecule has 0 fully saturated rings. The predicted octanol–water partition coefficient (Wildman–Crippen LogP) is 1.94. The van der Waals surface area contributed by atoms with Crippen LogP contribution >= 0.6 is 15.9 Å². The van der Waals surface area contributed by atoms with Gasteiger partial charge in [0.2, 0.25) is 0 Å². The number of Topliss-reactive ketones (excluding diaryl/α,β-unsaturated/α-hetero) is 1. The summed E-state index contributed by atoms with van der Waals surface area (Å²) < 4.78 is 0.474. The van der Waals surface area contributed by atoms with Crippen LogP contribution in [-0.2, 0) is 0 Å². The number of nitrogens with two attached hydrogens (primary N) is 1. The number of benzene rings is 1. The lowest BCUT2D eigenvalue weighted by atomic mass is 10.1. The van der Waals surface area contributed by atoms with Crippen molar-refractivity contribution in [1.82, 2.24) is 0 Å². The van der Waals surface area contributed by atoms with Gasteiger partial charge in [-0.3, -0.25) is 4.79 Å². The van der Waals surface area contributed by atoms with Gasteiger partial charge < -0.3 is 10.8 Å². The Balaban J connectivity index is 3.43. The number of phenols is 1. The van der Waals surface area contributed by atoms with Crippen molar-refractivity contribution in [2.75, 3.05) is 5.73 Å². The Morgan fingerprint density at radius 1 is 1.58 bits per heavy atom. The number of aromatic hydroxyl groups is 1. The van der Waals surface area contributed by atoms with Crippen LogP contribution in [0.5, 0.6) is 5.75 Å². The number of phenolic OH excluding ortho intramolecular Hbond substituents is 1. The fourth-order valence-corrected chi connectivity index (χ4v) is 1.28. The van der Waals surface area contributed by atoms with Crippen LogP contribution in [0, 0.1) is 0 Å². The fourth-order valence-electron chi connectivity index (χ4n) is 0.951. The first-order valence-corrected chi connectivity index (χ1v) is 4.11. The van der Waals surface area contributed by atoms with E-state index in [0.29, 0.717) is 10.2 Å². The molecule has 0 spiro atoms. The van der Waals surface area contributed by atoms with Gasteiger partial charge in [-0.25, -0.2) is 0 Å². The van der Waals surface area contributed by atoms with Crippen molar-refractivity contribution >= 4 is 27.4 Å². The number of hydrogen-bond acceptors (Lipinski definition) is 3. The molecule has 64 valence electrons. The van der Waals surface area contributed by atoms with Gasteiger partial charge >= 0.3 is 0 Å². The molecule has 0 aromatic heterocycles. The van der Waals surface area contributed by atoms with Crippen molar-refractivity contribution in [3.63, 3.8) is 0 Å². The molecule has 0 radical (unpaired) electrons. The quantitative estimate of drug-likeness (QED) is 0.572. The standard InChI is InChI=1S/C8H8BrNO2/c1-4(11)7-6(10)3-2-5(9)8(7)12/h2-3,12H,10H2,1H3. The summed E-state index contributed by atoms with van der Waals surface area (Å²) in [6.07, 6.45) is 0. The van der Waals surface area contributed by atoms with E-state index < -0.39 is 0 Å². The highest BCUT2D eigenvalue weighted by molar-refractivity contribution is 9.10. The highest BCUT2D eigenvalue weighted by atomic mass is 79.9. The largest absolute Gasteiger partial charge is 0.506 e. The van der Waals surface area contributed by atoms with Gasteiger partial charge in [0, 0.05) is 5.69 Å². The summed E-state index contributed by atoms with van der Waals surface area (Å²) in [6.45, 7) is 1.36. The minimum absolute atomic E-state index is 0.0949. The lowest BCUT2D eigenvalue weighted by Crippen LogP contribution is -1.99. The van der Waals surface area contributed by atoms with E-state index in [0.717, 1.165) is 0 Å².